The summed E-state index contributed by atoms with van der Waals surface area (Å²) in [4.78, 5) is 12.3. The van der Waals surface area contributed by atoms with Crippen molar-refractivity contribution < 1.29 is 4.79 Å². The highest BCUT2D eigenvalue weighted by molar-refractivity contribution is 8.00. The van der Waals surface area contributed by atoms with Gasteiger partial charge in [-0.05, 0) is 42.6 Å². The Balaban J connectivity index is 1.26. The van der Waals surface area contributed by atoms with Crippen molar-refractivity contribution in [3.63, 3.8) is 0 Å². The van der Waals surface area contributed by atoms with Crippen LogP contribution in [-0.4, -0.2) is 16.1 Å². The second kappa shape index (κ2) is 7.23. The second-order valence-electron chi connectivity index (χ2n) is 6.83. The van der Waals surface area contributed by atoms with Gasteiger partial charge in [-0.3, -0.25) is 4.79 Å². The van der Waals surface area contributed by atoms with Crippen LogP contribution in [0.3, 0.4) is 0 Å². The maximum Gasteiger partial charge on any atom is 0.226 e. The summed E-state index contributed by atoms with van der Waals surface area (Å²) in [5.74, 6) is 3.23. The highest BCUT2D eigenvalue weighted by Crippen LogP contribution is 2.49. The summed E-state index contributed by atoms with van der Waals surface area (Å²) in [6.45, 7) is 0. The number of nitrogens with zero attached hydrogens (tertiary/aromatic N) is 2. The van der Waals surface area contributed by atoms with Crippen LogP contribution in [0, 0.1) is 17.8 Å². The van der Waals surface area contributed by atoms with E-state index in [-0.39, 0.29) is 5.91 Å². The molecule has 6 heteroatoms. The molecule has 0 aliphatic heterocycles. The fourth-order valence-corrected chi connectivity index (χ4v) is 5.80. The van der Waals surface area contributed by atoms with E-state index in [4.69, 9.17) is 0 Å². The highest BCUT2D eigenvalue weighted by Gasteiger charge is 2.40. The van der Waals surface area contributed by atoms with Gasteiger partial charge in [-0.1, -0.05) is 59.9 Å². The summed E-state index contributed by atoms with van der Waals surface area (Å²) in [5, 5.41) is 11.8. The van der Waals surface area contributed by atoms with E-state index >= 15 is 0 Å². The van der Waals surface area contributed by atoms with Gasteiger partial charge >= 0.3 is 0 Å². The molecular weight excluding hydrogens is 338 g/mol. The van der Waals surface area contributed by atoms with Crippen LogP contribution >= 0.6 is 23.1 Å². The molecule has 1 amide bonds. The van der Waals surface area contributed by atoms with Crippen molar-refractivity contribution in [1.82, 2.24) is 10.2 Å². The van der Waals surface area contributed by atoms with Gasteiger partial charge in [-0.2, -0.15) is 0 Å². The Hall–Kier alpha value is -1.40. The van der Waals surface area contributed by atoms with Gasteiger partial charge in [0.25, 0.3) is 0 Å². The number of hydrogen-bond acceptors (Lipinski definition) is 5. The minimum absolute atomic E-state index is 0.100. The number of hydrogen-bond donors (Lipinski definition) is 1. The number of carbonyl (C=O) groups excluding carboxylic acids is 1. The maximum absolute atomic E-state index is 12.3. The summed E-state index contributed by atoms with van der Waals surface area (Å²) in [6.07, 6.45) is 5.93. The van der Waals surface area contributed by atoms with E-state index in [1.165, 1.54) is 42.6 Å². The number of amides is 1. The first-order valence-corrected chi connectivity index (χ1v) is 10.4. The molecule has 126 valence electrons. The average molecular weight is 360 g/mol. The van der Waals surface area contributed by atoms with Crippen molar-refractivity contribution in [3.05, 3.63) is 35.9 Å². The van der Waals surface area contributed by atoms with Crippen LogP contribution in [0.1, 0.15) is 37.7 Å². The molecule has 3 atom stereocenters. The van der Waals surface area contributed by atoms with Crippen molar-refractivity contribution in [2.45, 2.75) is 42.2 Å². The Bertz CT molecular complexity index is 703. The van der Waals surface area contributed by atoms with E-state index in [2.05, 4.69) is 27.6 Å². The van der Waals surface area contributed by atoms with Gasteiger partial charge in [0.15, 0.2) is 4.34 Å². The van der Waals surface area contributed by atoms with Crippen molar-refractivity contribution in [2.75, 3.05) is 5.32 Å². The van der Waals surface area contributed by atoms with Crippen molar-refractivity contribution in [3.8, 4) is 0 Å². The van der Waals surface area contributed by atoms with Crippen LogP contribution in [0.4, 0.5) is 5.13 Å². The number of anilines is 1. The van der Waals surface area contributed by atoms with E-state index in [9.17, 15) is 4.79 Å². The number of rotatable bonds is 6. The standard InChI is InChI=1S/C18H21N3OS2/c22-16(10-15-9-13-6-7-14(15)8-13)19-17-20-21-18(24-17)23-11-12-4-2-1-3-5-12/h1-5,13-15H,6-11H2,(H,19,20,22). The van der Waals surface area contributed by atoms with Crippen molar-refractivity contribution in [1.29, 1.82) is 0 Å². The largest absolute Gasteiger partial charge is 0.300 e. The molecule has 1 heterocycles. The summed E-state index contributed by atoms with van der Waals surface area (Å²) < 4.78 is 0.897. The first-order valence-electron chi connectivity index (χ1n) is 8.56. The monoisotopic (exact) mass is 359 g/mol. The van der Waals surface area contributed by atoms with Crippen LogP contribution in [0.15, 0.2) is 34.7 Å². The molecule has 2 fully saturated rings. The third-order valence-corrected chi connectivity index (χ3v) is 7.23. The zero-order valence-electron chi connectivity index (χ0n) is 13.5. The van der Waals surface area contributed by atoms with Gasteiger partial charge in [0.1, 0.15) is 0 Å². The molecule has 4 rings (SSSR count). The lowest BCUT2D eigenvalue weighted by atomic mass is 9.86. The van der Waals surface area contributed by atoms with Crippen LogP contribution in [0.25, 0.3) is 0 Å². The van der Waals surface area contributed by atoms with E-state index in [0.29, 0.717) is 17.5 Å². The normalized spacial score (nSPS) is 25.1. The summed E-state index contributed by atoms with van der Waals surface area (Å²) >= 11 is 3.12. The number of benzene rings is 1. The van der Waals surface area contributed by atoms with E-state index < -0.39 is 0 Å². The van der Waals surface area contributed by atoms with Crippen LogP contribution in [0.5, 0.6) is 0 Å². The molecule has 3 unspecified atom stereocenters. The van der Waals surface area contributed by atoms with Crippen molar-refractivity contribution >= 4 is 34.1 Å². The van der Waals surface area contributed by atoms with Gasteiger partial charge < -0.3 is 5.32 Å². The minimum Gasteiger partial charge on any atom is -0.300 e. The molecule has 2 saturated carbocycles. The molecule has 24 heavy (non-hydrogen) atoms. The summed E-state index contributed by atoms with van der Waals surface area (Å²) in [6, 6.07) is 10.3. The average Bonchev–Trinajstić information content (AvgIpc) is 3.31. The molecule has 1 aromatic heterocycles. The lowest BCUT2D eigenvalue weighted by Crippen LogP contribution is -2.20. The van der Waals surface area contributed by atoms with Crippen LogP contribution in [0.2, 0.25) is 0 Å². The smallest absolute Gasteiger partial charge is 0.226 e. The lowest BCUT2D eigenvalue weighted by Gasteiger charge is -2.20. The predicted molar refractivity (Wildman–Crippen MR) is 98.1 cm³/mol. The van der Waals surface area contributed by atoms with Crippen LogP contribution < -0.4 is 5.32 Å². The number of thioether (sulfide) groups is 1. The van der Waals surface area contributed by atoms with Gasteiger partial charge in [0.2, 0.25) is 11.0 Å². The number of nitrogens with one attached hydrogen (secondary N) is 1. The summed E-state index contributed by atoms with van der Waals surface area (Å²) in [7, 11) is 0. The van der Waals surface area contributed by atoms with Crippen molar-refractivity contribution in [2.24, 2.45) is 17.8 Å². The van der Waals surface area contributed by atoms with Gasteiger partial charge in [-0.25, -0.2) is 0 Å². The Morgan fingerprint density at radius 2 is 2.08 bits per heavy atom. The zero-order chi connectivity index (χ0) is 16.4. The Labute approximate surface area is 150 Å². The van der Waals surface area contributed by atoms with Crippen LogP contribution in [-0.2, 0) is 10.5 Å². The Morgan fingerprint density at radius 3 is 2.83 bits per heavy atom. The molecule has 0 radical (unpaired) electrons. The Kier molecular flexibility index (Phi) is 4.85. The molecule has 1 N–H and O–H groups in total. The Morgan fingerprint density at radius 1 is 1.21 bits per heavy atom. The number of aromatic nitrogens is 2. The first kappa shape index (κ1) is 16.1. The highest BCUT2D eigenvalue weighted by atomic mass is 32.2. The maximum atomic E-state index is 12.3. The first-order chi connectivity index (χ1) is 11.8. The zero-order valence-corrected chi connectivity index (χ0v) is 15.1. The molecule has 2 bridgehead atoms. The second-order valence-corrected chi connectivity index (χ2v) is 9.03. The summed E-state index contributed by atoms with van der Waals surface area (Å²) in [5.41, 5.74) is 1.26. The molecule has 4 nitrogen and oxygen atoms in total. The topological polar surface area (TPSA) is 54.9 Å². The third kappa shape index (κ3) is 3.81. The fourth-order valence-electron chi connectivity index (χ4n) is 4.07. The van der Waals surface area contributed by atoms with E-state index in [1.807, 2.05) is 18.2 Å². The van der Waals surface area contributed by atoms with Gasteiger partial charge in [0.05, 0.1) is 0 Å². The molecular formula is C18H21N3OS2. The molecule has 2 aliphatic rings. The molecule has 0 spiro atoms. The number of carbonyl (C=O) groups is 1. The predicted octanol–water partition coefficient (Wildman–Crippen LogP) is 4.60. The van der Waals surface area contributed by atoms with E-state index in [0.717, 1.165) is 21.9 Å². The fraction of sp³-hybridized carbons (Fsp3) is 0.500. The van der Waals surface area contributed by atoms with Gasteiger partial charge in [-0.15, -0.1) is 10.2 Å². The molecule has 2 aromatic rings. The number of fused-ring (bicyclic) bond motifs is 2. The third-order valence-electron chi connectivity index (χ3n) is 5.19. The lowest BCUT2D eigenvalue weighted by molar-refractivity contribution is -0.117. The van der Waals surface area contributed by atoms with Gasteiger partial charge in [0, 0.05) is 12.2 Å². The SMILES string of the molecule is O=C(CC1CC2CCC1C2)Nc1nnc(SCc2ccccc2)s1. The quantitative estimate of drug-likeness (QED) is 0.605. The molecule has 2 aliphatic carbocycles. The minimum atomic E-state index is 0.100. The molecule has 0 saturated heterocycles. The van der Waals surface area contributed by atoms with E-state index in [1.54, 1.807) is 11.8 Å². The molecule has 1 aromatic carbocycles.